The lowest BCUT2D eigenvalue weighted by atomic mass is 10.1. The summed E-state index contributed by atoms with van der Waals surface area (Å²) in [5.74, 6) is 0.880. The van der Waals surface area contributed by atoms with E-state index in [0.29, 0.717) is 28.2 Å². The van der Waals surface area contributed by atoms with Crippen LogP contribution in [0.15, 0.2) is 63.9 Å². The lowest BCUT2D eigenvalue weighted by Crippen LogP contribution is -2.32. The van der Waals surface area contributed by atoms with E-state index in [2.05, 4.69) is 10.3 Å². The lowest BCUT2D eigenvalue weighted by molar-refractivity contribution is 0.0881. The Morgan fingerprint density at radius 1 is 1.19 bits per heavy atom. The van der Waals surface area contributed by atoms with Crippen LogP contribution in [0.25, 0.3) is 22.2 Å². The SMILES string of the molecule is CC(=O)c1cccc(OCC(O)Cn2nc(-c3ccccc3)c3c(C)onc3c2=O)c1. The van der Waals surface area contributed by atoms with E-state index >= 15 is 0 Å². The predicted octanol–water partition coefficient (Wildman–Crippen LogP) is 3.00. The molecule has 0 saturated carbocycles. The Labute approximate surface area is 177 Å². The molecular weight excluding hydrogens is 398 g/mol. The zero-order chi connectivity index (χ0) is 22.0. The Kier molecular flexibility index (Phi) is 5.64. The summed E-state index contributed by atoms with van der Waals surface area (Å²) in [6.07, 6.45) is -1.01. The quantitative estimate of drug-likeness (QED) is 0.459. The number of aryl methyl sites for hydroxylation is 1. The molecule has 2 aromatic heterocycles. The van der Waals surface area contributed by atoms with Crippen LogP contribution in [0.5, 0.6) is 5.75 Å². The van der Waals surface area contributed by atoms with Gasteiger partial charge in [0.15, 0.2) is 11.3 Å². The van der Waals surface area contributed by atoms with Crippen LogP contribution in [0, 0.1) is 6.92 Å². The van der Waals surface area contributed by atoms with E-state index in [1.54, 1.807) is 31.2 Å². The van der Waals surface area contributed by atoms with Crippen molar-refractivity contribution in [3.63, 3.8) is 0 Å². The molecule has 1 N–H and O–H groups in total. The van der Waals surface area contributed by atoms with E-state index in [4.69, 9.17) is 9.26 Å². The molecule has 0 spiro atoms. The minimum absolute atomic E-state index is 0.0774. The van der Waals surface area contributed by atoms with Crippen LogP contribution in [0.3, 0.4) is 0 Å². The van der Waals surface area contributed by atoms with Crippen molar-refractivity contribution in [3.8, 4) is 17.0 Å². The number of aromatic nitrogens is 3. The van der Waals surface area contributed by atoms with Crippen LogP contribution in [-0.2, 0) is 6.54 Å². The number of Topliss-reactive ketones (excluding diaryl/α,β-unsaturated/α-hetero) is 1. The molecule has 31 heavy (non-hydrogen) atoms. The molecule has 0 bridgehead atoms. The van der Waals surface area contributed by atoms with Gasteiger partial charge in [0.2, 0.25) is 0 Å². The molecule has 8 heteroatoms. The predicted molar refractivity (Wildman–Crippen MR) is 114 cm³/mol. The standard InChI is InChI=1S/C23H21N3O5/c1-14(27)17-9-6-10-19(11-17)30-13-18(28)12-26-23(29)22-20(15(2)31-25-22)21(24-26)16-7-4-3-5-8-16/h3-11,18,28H,12-13H2,1-2H3. The van der Waals surface area contributed by atoms with E-state index < -0.39 is 11.7 Å². The van der Waals surface area contributed by atoms with Gasteiger partial charge in [-0.15, -0.1) is 0 Å². The smallest absolute Gasteiger partial charge is 0.296 e. The molecule has 0 aliphatic carbocycles. The average Bonchev–Trinajstić information content (AvgIpc) is 3.17. The summed E-state index contributed by atoms with van der Waals surface area (Å²) in [5.41, 5.74) is 1.58. The average molecular weight is 419 g/mol. The van der Waals surface area contributed by atoms with Crippen LogP contribution in [0.4, 0.5) is 0 Å². The van der Waals surface area contributed by atoms with Gasteiger partial charge in [-0.05, 0) is 26.0 Å². The number of carbonyl (C=O) groups is 1. The number of rotatable bonds is 7. The molecule has 1 atom stereocenters. The van der Waals surface area contributed by atoms with Gasteiger partial charge < -0.3 is 14.4 Å². The van der Waals surface area contributed by atoms with Gasteiger partial charge >= 0.3 is 0 Å². The van der Waals surface area contributed by atoms with Gasteiger partial charge in [-0.25, -0.2) is 4.68 Å². The zero-order valence-corrected chi connectivity index (χ0v) is 17.1. The number of carbonyl (C=O) groups excluding carboxylic acids is 1. The van der Waals surface area contributed by atoms with Gasteiger partial charge in [0.05, 0.1) is 11.9 Å². The number of hydrogen-bond donors (Lipinski definition) is 1. The van der Waals surface area contributed by atoms with Crippen molar-refractivity contribution in [3.05, 3.63) is 76.3 Å². The van der Waals surface area contributed by atoms with Gasteiger partial charge in [0.25, 0.3) is 5.56 Å². The highest BCUT2D eigenvalue weighted by atomic mass is 16.5. The molecule has 0 amide bonds. The third-order valence-electron chi connectivity index (χ3n) is 4.87. The monoisotopic (exact) mass is 419 g/mol. The van der Waals surface area contributed by atoms with Crippen LogP contribution in [0.1, 0.15) is 23.0 Å². The minimum atomic E-state index is -1.01. The molecule has 8 nitrogen and oxygen atoms in total. The fourth-order valence-electron chi connectivity index (χ4n) is 3.31. The van der Waals surface area contributed by atoms with Gasteiger partial charge in [-0.1, -0.05) is 47.6 Å². The number of aliphatic hydroxyl groups excluding tert-OH is 1. The lowest BCUT2D eigenvalue weighted by Gasteiger charge is -2.14. The Bertz CT molecular complexity index is 1290. The second-order valence-corrected chi connectivity index (χ2v) is 7.21. The third kappa shape index (κ3) is 4.24. The molecular formula is C23H21N3O5. The summed E-state index contributed by atoms with van der Waals surface area (Å²) in [6, 6.07) is 16.1. The van der Waals surface area contributed by atoms with Crippen molar-refractivity contribution in [2.75, 3.05) is 6.61 Å². The van der Waals surface area contributed by atoms with Crippen LogP contribution in [0.2, 0.25) is 0 Å². The van der Waals surface area contributed by atoms with E-state index in [1.807, 2.05) is 30.3 Å². The van der Waals surface area contributed by atoms with Crippen LogP contribution in [-0.4, -0.2) is 38.5 Å². The summed E-state index contributed by atoms with van der Waals surface area (Å²) >= 11 is 0. The molecule has 0 fully saturated rings. The number of fused-ring (bicyclic) bond motifs is 1. The zero-order valence-electron chi connectivity index (χ0n) is 17.1. The van der Waals surface area contributed by atoms with Crippen LogP contribution < -0.4 is 10.3 Å². The van der Waals surface area contributed by atoms with E-state index in [1.165, 1.54) is 11.6 Å². The van der Waals surface area contributed by atoms with Crippen molar-refractivity contribution in [1.82, 2.24) is 14.9 Å². The summed E-state index contributed by atoms with van der Waals surface area (Å²) in [7, 11) is 0. The molecule has 4 rings (SSSR count). The summed E-state index contributed by atoms with van der Waals surface area (Å²) in [5, 5.41) is 19.4. The Hall–Kier alpha value is -3.78. The van der Waals surface area contributed by atoms with Gasteiger partial charge in [-0.2, -0.15) is 5.10 Å². The van der Waals surface area contributed by atoms with Crippen LogP contribution >= 0.6 is 0 Å². The first kappa shape index (κ1) is 20.5. The highest BCUT2D eigenvalue weighted by Gasteiger charge is 2.20. The Balaban J connectivity index is 1.60. The molecule has 1 unspecified atom stereocenters. The van der Waals surface area contributed by atoms with E-state index in [0.717, 1.165) is 5.56 Å². The number of aliphatic hydroxyl groups is 1. The second-order valence-electron chi connectivity index (χ2n) is 7.21. The number of benzene rings is 2. The van der Waals surface area contributed by atoms with Gasteiger partial charge in [0.1, 0.15) is 29.9 Å². The van der Waals surface area contributed by atoms with Gasteiger partial charge in [0, 0.05) is 11.1 Å². The highest BCUT2D eigenvalue weighted by Crippen LogP contribution is 2.26. The fraction of sp³-hybridized carbons (Fsp3) is 0.217. The summed E-state index contributed by atoms with van der Waals surface area (Å²) in [6.45, 7) is 3.03. The minimum Gasteiger partial charge on any atom is -0.491 e. The molecule has 0 aliphatic heterocycles. The van der Waals surface area contributed by atoms with E-state index in [-0.39, 0.29) is 24.5 Å². The molecule has 2 heterocycles. The highest BCUT2D eigenvalue weighted by molar-refractivity contribution is 5.94. The first-order valence-corrected chi connectivity index (χ1v) is 9.78. The molecule has 2 aromatic carbocycles. The van der Waals surface area contributed by atoms with Gasteiger partial charge in [-0.3, -0.25) is 9.59 Å². The summed E-state index contributed by atoms with van der Waals surface area (Å²) < 4.78 is 12.0. The number of ether oxygens (including phenoxy) is 1. The Morgan fingerprint density at radius 2 is 1.97 bits per heavy atom. The first-order valence-electron chi connectivity index (χ1n) is 9.78. The molecule has 0 saturated heterocycles. The fourth-order valence-corrected chi connectivity index (χ4v) is 3.31. The normalized spacial score (nSPS) is 12.1. The van der Waals surface area contributed by atoms with E-state index in [9.17, 15) is 14.7 Å². The molecule has 4 aromatic rings. The summed E-state index contributed by atoms with van der Waals surface area (Å²) in [4.78, 5) is 24.4. The molecule has 158 valence electrons. The largest absolute Gasteiger partial charge is 0.491 e. The third-order valence-corrected chi connectivity index (χ3v) is 4.87. The maximum atomic E-state index is 12.8. The Morgan fingerprint density at radius 3 is 2.71 bits per heavy atom. The first-order chi connectivity index (χ1) is 14.9. The van der Waals surface area contributed by atoms with Crippen molar-refractivity contribution >= 4 is 16.7 Å². The molecule has 0 aliphatic rings. The number of hydrogen-bond acceptors (Lipinski definition) is 7. The maximum Gasteiger partial charge on any atom is 0.296 e. The number of ketones is 1. The van der Waals surface area contributed by atoms with Crippen molar-refractivity contribution in [2.24, 2.45) is 0 Å². The maximum absolute atomic E-state index is 12.8. The van der Waals surface area contributed by atoms with Crippen molar-refractivity contribution in [1.29, 1.82) is 0 Å². The van der Waals surface area contributed by atoms with Crippen molar-refractivity contribution in [2.45, 2.75) is 26.5 Å². The topological polar surface area (TPSA) is 107 Å². The number of nitrogens with zero attached hydrogens (tertiary/aromatic N) is 3. The molecule has 0 radical (unpaired) electrons. The second kappa shape index (κ2) is 8.53. The van der Waals surface area contributed by atoms with Crippen molar-refractivity contribution < 1.29 is 19.2 Å².